The molecule has 1 N–H and O–H groups in total. The van der Waals surface area contributed by atoms with Crippen molar-refractivity contribution in [2.24, 2.45) is 4.99 Å². The number of hydrogen-bond donors (Lipinski definition) is 1. The van der Waals surface area contributed by atoms with Crippen molar-refractivity contribution in [1.82, 2.24) is 5.32 Å². The second kappa shape index (κ2) is 7.26. The van der Waals surface area contributed by atoms with E-state index in [1.807, 2.05) is 0 Å². The molecule has 2 aromatic rings. The second-order valence-corrected chi connectivity index (χ2v) is 5.35. The smallest absolute Gasteiger partial charge is 0.275 e. The van der Waals surface area contributed by atoms with Crippen molar-refractivity contribution in [3.63, 3.8) is 0 Å². The van der Waals surface area contributed by atoms with E-state index in [9.17, 15) is 9.18 Å². The van der Waals surface area contributed by atoms with Crippen molar-refractivity contribution in [3.8, 4) is 17.2 Å². The van der Waals surface area contributed by atoms with Crippen LogP contribution in [-0.2, 0) is 4.79 Å². The highest BCUT2D eigenvalue weighted by atomic mass is 19.1. The van der Waals surface area contributed by atoms with E-state index >= 15 is 0 Å². The van der Waals surface area contributed by atoms with Gasteiger partial charge in [0.1, 0.15) is 17.3 Å². The van der Waals surface area contributed by atoms with Crippen molar-refractivity contribution in [3.05, 3.63) is 59.0 Å². The fraction of sp³-hybridized carbons (Fsp3) is 0.158. The van der Waals surface area contributed by atoms with Crippen molar-refractivity contribution in [2.75, 3.05) is 21.3 Å². The molecule has 3 rings (SSSR count). The number of carbonyl (C=O) groups excluding carboxylic acids is 1. The molecular weight excluding hydrogens is 339 g/mol. The summed E-state index contributed by atoms with van der Waals surface area (Å²) in [5.74, 6) is 0.580. The number of ether oxygens (including phenoxy) is 3. The quantitative estimate of drug-likeness (QED) is 0.837. The van der Waals surface area contributed by atoms with Crippen LogP contribution in [0.4, 0.5) is 4.39 Å². The van der Waals surface area contributed by atoms with Gasteiger partial charge in [0.2, 0.25) is 5.75 Å². The maximum Gasteiger partial charge on any atom is 0.275 e. The number of amidine groups is 1. The normalized spacial score (nSPS) is 14.8. The van der Waals surface area contributed by atoms with Crippen LogP contribution in [0.3, 0.4) is 0 Å². The minimum Gasteiger partial charge on any atom is -0.493 e. The van der Waals surface area contributed by atoms with E-state index in [1.165, 1.54) is 27.4 Å². The van der Waals surface area contributed by atoms with Gasteiger partial charge in [-0.25, -0.2) is 9.38 Å². The van der Waals surface area contributed by atoms with Crippen LogP contribution in [0.25, 0.3) is 6.08 Å². The Morgan fingerprint density at radius 2 is 1.73 bits per heavy atom. The number of benzene rings is 2. The first-order valence-corrected chi connectivity index (χ1v) is 7.74. The molecule has 1 aliphatic rings. The Morgan fingerprint density at radius 3 is 2.38 bits per heavy atom. The Morgan fingerprint density at radius 1 is 1.00 bits per heavy atom. The van der Waals surface area contributed by atoms with Crippen LogP contribution in [0.2, 0.25) is 0 Å². The summed E-state index contributed by atoms with van der Waals surface area (Å²) in [6.07, 6.45) is 1.55. The molecule has 2 aromatic carbocycles. The van der Waals surface area contributed by atoms with E-state index in [2.05, 4.69) is 10.3 Å². The molecule has 0 bridgehead atoms. The fourth-order valence-corrected chi connectivity index (χ4v) is 2.63. The lowest BCUT2D eigenvalue weighted by Gasteiger charge is -2.14. The predicted molar refractivity (Wildman–Crippen MR) is 95.2 cm³/mol. The molecule has 134 valence electrons. The molecule has 7 heteroatoms. The summed E-state index contributed by atoms with van der Waals surface area (Å²) in [5.41, 5.74) is 0.936. The minimum absolute atomic E-state index is 0.133. The lowest BCUT2D eigenvalue weighted by Crippen LogP contribution is -2.25. The Bertz CT molecular complexity index is 922. The summed E-state index contributed by atoms with van der Waals surface area (Å²) in [6, 6.07) is 9.52. The maximum atomic E-state index is 13.9. The Labute approximate surface area is 149 Å². The summed E-state index contributed by atoms with van der Waals surface area (Å²) in [6.45, 7) is 0. The number of nitrogens with one attached hydrogen (secondary N) is 1. The van der Waals surface area contributed by atoms with Crippen LogP contribution in [0.5, 0.6) is 17.2 Å². The van der Waals surface area contributed by atoms with E-state index in [-0.39, 0.29) is 17.1 Å². The largest absolute Gasteiger partial charge is 0.493 e. The third kappa shape index (κ3) is 3.11. The Kier molecular flexibility index (Phi) is 4.88. The molecule has 0 saturated carbocycles. The van der Waals surface area contributed by atoms with E-state index in [0.717, 1.165) is 0 Å². The zero-order chi connectivity index (χ0) is 18.7. The number of rotatable bonds is 5. The number of nitrogens with zero attached hydrogens (tertiary/aromatic N) is 1. The molecule has 0 atom stereocenters. The van der Waals surface area contributed by atoms with Crippen LogP contribution < -0.4 is 19.5 Å². The molecule has 0 saturated heterocycles. The monoisotopic (exact) mass is 356 g/mol. The van der Waals surface area contributed by atoms with Gasteiger partial charge < -0.3 is 19.5 Å². The predicted octanol–water partition coefficient (Wildman–Crippen LogP) is 2.77. The Balaban J connectivity index is 2.05. The van der Waals surface area contributed by atoms with Crippen LogP contribution in [0.1, 0.15) is 11.1 Å². The molecule has 1 amide bonds. The minimum atomic E-state index is -0.462. The first-order chi connectivity index (χ1) is 12.6. The van der Waals surface area contributed by atoms with Crippen LogP contribution in [-0.4, -0.2) is 33.1 Å². The molecule has 0 unspecified atom stereocenters. The first kappa shape index (κ1) is 17.5. The van der Waals surface area contributed by atoms with Gasteiger partial charge in [0.25, 0.3) is 5.91 Å². The summed E-state index contributed by atoms with van der Waals surface area (Å²) < 4.78 is 29.9. The van der Waals surface area contributed by atoms with Crippen molar-refractivity contribution >= 4 is 17.8 Å². The molecule has 6 nitrogen and oxygen atoms in total. The molecule has 0 aromatic heterocycles. The maximum absolute atomic E-state index is 13.9. The molecule has 0 aliphatic carbocycles. The van der Waals surface area contributed by atoms with Gasteiger partial charge in [0, 0.05) is 5.56 Å². The van der Waals surface area contributed by atoms with Crippen LogP contribution in [0.15, 0.2) is 47.1 Å². The fourth-order valence-electron chi connectivity index (χ4n) is 2.63. The van der Waals surface area contributed by atoms with Gasteiger partial charge in [0.05, 0.1) is 26.9 Å². The third-order valence-electron chi connectivity index (χ3n) is 3.85. The van der Waals surface area contributed by atoms with Gasteiger partial charge >= 0.3 is 0 Å². The summed E-state index contributed by atoms with van der Waals surface area (Å²) >= 11 is 0. The van der Waals surface area contributed by atoms with Gasteiger partial charge in [-0.05, 0) is 30.3 Å². The molecule has 0 fully saturated rings. The summed E-state index contributed by atoms with van der Waals surface area (Å²) in [4.78, 5) is 16.5. The van der Waals surface area contributed by atoms with Gasteiger partial charge in [-0.1, -0.05) is 12.1 Å². The topological polar surface area (TPSA) is 69.2 Å². The van der Waals surface area contributed by atoms with Crippen molar-refractivity contribution in [1.29, 1.82) is 0 Å². The highest BCUT2D eigenvalue weighted by molar-refractivity contribution is 6.20. The molecule has 26 heavy (non-hydrogen) atoms. The lowest BCUT2D eigenvalue weighted by molar-refractivity contribution is -0.115. The zero-order valence-electron chi connectivity index (χ0n) is 14.5. The van der Waals surface area contributed by atoms with E-state index in [1.54, 1.807) is 36.4 Å². The van der Waals surface area contributed by atoms with E-state index in [4.69, 9.17) is 14.2 Å². The van der Waals surface area contributed by atoms with E-state index < -0.39 is 11.7 Å². The van der Waals surface area contributed by atoms with Crippen molar-refractivity contribution < 1.29 is 23.4 Å². The number of halogens is 1. The highest BCUT2D eigenvalue weighted by Gasteiger charge is 2.24. The molecule has 0 spiro atoms. The average molecular weight is 356 g/mol. The molecule has 1 heterocycles. The number of hydrogen-bond acceptors (Lipinski definition) is 5. The number of aliphatic imine (C=N–C) groups is 1. The third-order valence-corrected chi connectivity index (χ3v) is 3.85. The van der Waals surface area contributed by atoms with Gasteiger partial charge in [-0.3, -0.25) is 4.79 Å². The first-order valence-electron chi connectivity index (χ1n) is 7.74. The second-order valence-electron chi connectivity index (χ2n) is 5.35. The highest BCUT2D eigenvalue weighted by Crippen LogP contribution is 2.40. The molecule has 0 radical (unpaired) electrons. The number of amides is 1. The Hall–Kier alpha value is -3.35. The summed E-state index contributed by atoms with van der Waals surface area (Å²) in [7, 11) is 4.50. The van der Waals surface area contributed by atoms with Gasteiger partial charge in [-0.15, -0.1) is 0 Å². The molecule has 1 aliphatic heterocycles. The van der Waals surface area contributed by atoms with Gasteiger partial charge in [-0.2, -0.15) is 0 Å². The number of methoxy groups -OCH3 is 3. The van der Waals surface area contributed by atoms with Crippen LogP contribution >= 0.6 is 0 Å². The SMILES string of the molecule is COc1ccc(/C=C2/N=C(c3ccccc3F)NC2=O)c(OC)c1OC. The van der Waals surface area contributed by atoms with E-state index in [0.29, 0.717) is 22.8 Å². The number of carbonyl (C=O) groups is 1. The lowest BCUT2D eigenvalue weighted by atomic mass is 10.1. The zero-order valence-corrected chi connectivity index (χ0v) is 14.5. The summed E-state index contributed by atoms with van der Waals surface area (Å²) in [5, 5.41) is 2.58. The van der Waals surface area contributed by atoms with Gasteiger partial charge in [0.15, 0.2) is 11.5 Å². The van der Waals surface area contributed by atoms with Crippen molar-refractivity contribution in [2.45, 2.75) is 0 Å². The standard InChI is InChI=1S/C19H17FN2O4/c1-24-15-9-8-11(16(25-2)17(15)26-3)10-14-19(23)22-18(21-14)12-6-4-5-7-13(12)20/h4-10H,1-3H3,(H,21,22,23)/b14-10+. The van der Waals surface area contributed by atoms with Crippen LogP contribution in [0, 0.1) is 5.82 Å². The molecular formula is C19H17FN2O4. The average Bonchev–Trinajstić information content (AvgIpc) is 3.01.